The molecule has 0 atom stereocenters. The molecule has 1 saturated heterocycles. The van der Waals surface area contributed by atoms with Crippen LogP contribution < -0.4 is 19.3 Å². The number of piperazine rings is 1. The lowest BCUT2D eigenvalue weighted by Crippen LogP contribution is -2.46. The Morgan fingerprint density at radius 1 is 0.625 bits per heavy atom. The van der Waals surface area contributed by atoms with Crippen molar-refractivity contribution in [2.45, 2.75) is 13.8 Å². The Hall–Kier alpha value is -3.54. The van der Waals surface area contributed by atoms with Crippen molar-refractivity contribution in [2.75, 3.05) is 50.2 Å². The van der Waals surface area contributed by atoms with Gasteiger partial charge in [0.15, 0.2) is 0 Å². The van der Waals surface area contributed by atoms with Crippen LogP contribution in [0.2, 0.25) is 0 Å². The Morgan fingerprint density at radius 2 is 1.03 bits per heavy atom. The van der Waals surface area contributed by atoms with Gasteiger partial charge in [-0.05, 0) is 62.4 Å². The second kappa shape index (κ2) is 8.19. The van der Waals surface area contributed by atoms with E-state index in [2.05, 4.69) is 47.9 Å². The highest BCUT2D eigenvalue weighted by Crippen LogP contribution is 2.33. The lowest BCUT2D eigenvalue weighted by atomic mass is 10.1. The molecule has 1 aliphatic heterocycles. The molecule has 0 unspecified atom stereocenters. The maximum Gasteiger partial charge on any atom is 0.119 e. The average Bonchev–Trinajstić information content (AvgIpc) is 2.82. The third-order valence-corrected chi connectivity index (χ3v) is 6.21. The van der Waals surface area contributed by atoms with Crippen molar-refractivity contribution in [1.29, 1.82) is 0 Å². The number of hydrogen-bond acceptors (Lipinski definition) is 6. The third-order valence-electron chi connectivity index (χ3n) is 6.21. The van der Waals surface area contributed by atoms with E-state index in [0.717, 1.165) is 70.9 Å². The maximum atomic E-state index is 5.47. The zero-order valence-corrected chi connectivity index (χ0v) is 19.1. The van der Waals surface area contributed by atoms with Crippen LogP contribution in [0, 0.1) is 13.8 Å². The van der Waals surface area contributed by atoms with Gasteiger partial charge in [-0.3, -0.25) is 9.97 Å². The number of benzene rings is 2. The van der Waals surface area contributed by atoms with Crippen LogP contribution in [0.25, 0.3) is 21.8 Å². The summed E-state index contributed by atoms with van der Waals surface area (Å²) in [4.78, 5) is 14.4. The normalized spacial score (nSPS) is 14.2. The maximum absolute atomic E-state index is 5.47. The van der Waals surface area contributed by atoms with Crippen LogP contribution >= 0.6 is 0 Å². The molecule has 32 heavy (non-hydrogen) atoms. The summed E-state index contributed by atoms with van der Waals surface area (Å²) in [6, 6.07) is 16.6. The van der Waals surface area contributed by atoms with Crippen molar-refractivity contribution >= 4 is 33.2 Å². The number of nitrogens with zero attached hydrogens (tertiary/aromatic N) is 4. The fraction of sp³-hybridized carbons (Fsp3) is 0.308. The van der Waals surface area contributed by atoms with Gasteiger partial charge in [0.05, 0.1) is 25.3 Å². The summed E-state index contributed by atoms with van der Waals surface area (Å²) in [5.74, 6) is 1.71. The van der Waals surface area contributed by atoms with E-state index >= 15 is 0 Å². The summed E-state index contributed by atoms with van der Waals surface area (Å²) in [6.07, 6.45) is 0. The quantitative estimate of drug-likeness (QED) is 0.468. The lowest BCUT2D eigenvalue weighted by Gasteiger charge is -2.38. The fourth-order valence-corrected chi connectivity index (χ4v) is 4.60. The third kappa shape index (κ3) is 3.66. The largest absolute Gasteiger partial charge is 0.497 e. The molecule has 0 bridgehead atoms. The first-order valence-corrected chi connectivity index (χ1v) is 11.0. The molecule has 0 spiro atoms. The number of fused-ring (bicyclic) bond motifs is 2. The van der Waals surface area contributed by atoms with Crippen molar-refractivity contribution in [3.63, 3.8) is 0 Å². The highest BCUT2D eigenvalue weighted by atomic mass is 16.5. The molecule has 2 aromatic heterocycles. The van der Waals surface area contributed by atoms with E-state index in [1.54, 1.807) is 14.2 Å². The second-order valence-corrected chi connectivity index (χ2v) is 8.31. The molecule has 0 amide bonds. The van der Waals surface area contributed by atoms with Gasteiger partial charge in [0.25, 0.3) is 0 Å². The molecule has 0 radical (unpaired) electrons. The van der Waals surface area contributed by atoms with Crippen molar-refractivity contribution in [1.82, 2.24) is 9.97 Å². The summed E-state index contributed by atoms with van der Waals surface area (Å²) in [5, 5.41) is 2.27. The first kappa shape index (κ1) is 20.4. The molecular formula is C26H28N4O2. The summed E-state index contributed by atoms with van der Waals surface area (Å²) in [6.45, 7) is 7.85. The first-order valence-electron chi connectivity index (χ1n) is 11.0. The van der Waals surface area contributed by atoms with Crippen molar-refractivity contribution in [3.8, 4) is 11.5 Å². The van der Waals surface area contributed by atoms with Gasteiger partial charge >= 0.3 is 0 Å². The van der Waals surface area contributed by atoms with Gasteiger partial charge in [-0.1, -0.05) is 0 Å². The Kier molecular flexibility index (Phi) is 5.21. The Balaban J connectivity index is 1.46. The zero-order chi connectivity index (χ0) is 22.2. The zero-order valence-electron chi connectivity index (χ0n) is 19.1. The van der Waals surface area contributed by atoms with Crippen LogP contribution in [-0.4, -0.2) is 50.4 Å². The van der Waals surface area contributed by atoms with Crippen LogP contribution in [0.3, 0.4) is 0 Å². The van der Waals surface area contributed by atoms with Crippen LogP contribution in [0.4, 0.5) is 11.4 Å². The minimum atomic E-state index is 0.857. The molecule has 0 aliphatic carbocycles. The molecule has 5 rings (SSSR count). The minimum Gasteiger partial charge on any atom is -0.497 e. The average molecular weight is 429 g/mol. The van der Waals surface area contributed by atoms with E-state index in [1.165, 1.54) is 11.4 Å². The molecular weight excluding hydrogens is 400 g/mol. The first-order chi connectivity index (χ1) is 15.6. The van der Waals surface area contributed by atoms with E-state index < -0.39 is 0 Å². The number of anilines is 2. The molecule has 2 aromatic carbocycles. The van der Waals surface area contributed by atoms with Crippen molar-refractivity contribution < 1.29 is 9.47 Å². The van der Waals surface area contributed by atoms with E-state index in [9.17, 15) is 0 Å². The van der Waals surface area contributed by atoms with Crippen LogP contribution in [0.5, 0.6) is 11.5 Å². The van der Waals surface area contributed by atoms with Crippen molar-refractivity contribution in [3.05, 3.63) is 59.9 Å². The minimum absolute atomic E-state index is 0.857. The SMILES string of the molecule is COc1ccc2nc(C)cc(N3CCN(c4cc(C)nc5ccc(OC)cc45)CC3)c2c1. The summed E-state index contributed by atoms with van der Waals surface area (Å²) >= 11 is 0. The predicted molar refractivity (Wildman–Crippen MR) is 130 cm³/mol. The topological polar surface area (TPSA) is 50.7 Å². The highest BCUT2D eigenvalue weighted by Gasteiger charge is 2.22. The number of hydrogen-bond donors (Lipinski definition) is 0. The van der Waals surface area contributed by atoms with E-state index in [1.807, 2.05) is 24.3 Å². The molecule has 164 valence electrons. The Morgan fingerprint density at radius 3 is 1.41 bits per heavy atom. The predicted octanol–water partition coefficient (Wildman–Crippen LogP) is 4.74. The summed E-state index contributed by atoms with van der Waals surface area (Å²) in [5.41, 5.74) is 6.52. The number of methoxy groups -OCH3 is 2. The van der Waals surface area contributed by atoms with Crippen molar-refractivity contribution in [2.24, 2.45) is 0 Å². The molecule has 1 aliphatic rings. The Labute approximate surface area is 188 Å². The molecule has 6 nitrogen and oxygen atoms in total. The van der Waals surface area contributed by atoms with Gasteiger partial charge in [-0.25, -0.2) is 0 Å². The molecule has 1 fully saturated rings. The number of rotatable bonds is 4. The van der Waals surface area contributed by atoms with Gasteiger partial charge in [0.2, 0.25) is 0 Å². The van der Waals surface area contributed by atoms with Gasteiger partial charge in [-0.15, -0.1) is 0 Å². The van der Waals surface area contributed by atoms with Crippen LogP contribution in [0.15, 0.2) is 48.5 Å². The van der Waals surface area contributed by atoms with Crippen LogP contribution in [-0.2, 0) is 0 Å². The number of aryl methyl sites for hydroxylation is 2. The Bertz CT molecular complexity index is 1190. The number of ether oxygens (including phenoxy) is 2. The number of aromatic nitrogens is 2. The van der Waals surface area contributed by atoms with Gasteiger partial charge < -0.3 is 19.3 Å². The molecule has 4 aromatic rings. The summed E-state index contributed by atoms with van der Waals surface area (Å²) in [7, 11) is 3.41. The van der Waals surface area contributed by atoms with Gasteiger partial charge in [-0.2, -0.15) is 0 Å². The molecule has 0 saturated carbocycles. The van der Waals surface area contributed by atoms with E-state index in [0.29, 0.717) is 0 Å². The van der Waals surface area contributed by atoms with Gasteiger partial charge in [0, 0.05) is 59.7 Å². The lowest BCUT2D eigenvalue weighted by molar-refractivity contribution is 0.415. The second-order valence-electron chi connectivity index (χ2n) is 8.31. The standard InChI is InChI=1S/C26H28N4O2/c1-17-13-25(21-15-19(31-3)5-7-23(21)27-17)29-9-11-30(12-10-29)26-14-18(2)28-24-8-6-20(32-4)16-22(24)26/h5-8,13-16H,9-12H2,1-4H3. The van der Waals surface area contributed by atoms with E-state index in [4.69, 9.17) is 19.4 Å². The fourth-order valence-electron chi connectivity index (χ4n) is 4.60. The smallest absolute Gasteiger partial charge is 0.119 e. The molecule has 6 heteroatoms. The van der Waals surface area contributed by atoms with Gasteiger partial charge in [0.1, 0.15) is 11.5 Å². The number of pyridine rings is 2. The molecule has 3 heterocycles. The highest BCUT2D eigenvalue weighted by molar-refractivity contribution is 5.94. The monoisotopic (exact) mass is 428 g/mol. The summed E-state index contributed by atoms with van der Waals surface area (Å²) < 4.78 is 10.9. The van der Waals surface area contributed by atoms with E-state index in [-0.39, 0.29) is 0 Å². The van der Waals surface area contributed by atoms with Crippen LogP contribution in [0.1, 0.15) is 11.4 Å². The molecule has 0 N–H and O–H groups in total.